The van der Waals surface area contributed by atoms with Crippen LogP contribution in [0.1, 0.15) is 11.9 Å². The van der Waals surface area contributed by atoms with Gasteiger partial charge in [-0.1, -0.05) is 5.38 Å². The van der Waals surface area contributed by atoms with Crippen LogP contribution in [0.2, 0.25) is 0 Å². The third-order valence-corrected chi connectivity index (χ3v) is 2.47. The molecule has 0 N–H and O–H groups in total. The van der Waals surface area contributed by atoms with Gasteiger partial charge in [-0.3, -0.25) is 0 Å². The van der Waals surface area contributed by atoms with Crippen LogP contribution in [0.5, 0.6) is 0 Å². The first-order chi connectivity index (χ1) is 5.23. The molecular formula is C7H10LiNO2S. The van der Waals surface area contributed by atoms with E-state index < -0.39 is 5.79 Å². The molecule has 5 heteroatoms. The van der Waals surface area contributed by atoms with Crippen molar-refractivity contribution in [2.24, 2.45) is 0 Å². The minimum atomic E-state index is -0.718. The van der Waals surface area contributed by atoms with Crippen molar-refractivity contribution in [3.05, 3.63) is 16.6 Å². The molecule has 62 valence electrons. The van der Waals surface area contributed by atoms with E-state index in [1.807, 2.05) is 6.92 Å². The maximum Gasteiger partial charge on any atom is 1.00 e. The minimum Gasteiger partial charge on any atom is -0.441 e. The van der Waals surface area contributed by atoms with Crippen LogP contribution in [0.3, 0.4) is 0 Å². The Hall–Kier alpha value is 0.147. The summed E-state index contributed by atoms with van der Waals surface area (Å²) < 4.78 is 10.3. The van der Waals surface area contributed by atoms with E-state index in [9.17, 15) is 0 Å². The molecule has 1 aromatic rings. The molecule has 0 fully saturated rings. The molecule has 0 aliphatic rings. The van der Waals surface area contributed by atoms with Gasteiger partial charge in [0.15, 0.2) is 0 Å². The predicted molar refractivity (Wildman–Crippen MR) is 42.3 cm³/mol. The second-order valence-electron chi connectivity index (χ2n) is 2.14. The Balaban J connectivity index is 0.00000121. The van der Waals surface area contributed by atoms with Gasteiger partial charge in [-0.2, -0.15) is 0 Å². The quantitative estimate of drug-likeness (QED) is 0.318. The number of rotatable bonds is 3. The van der Waals surface area contributed by atoms with E-state index in [0.717, 1.165) is 5.01 Å². The maximum atomic E-state index is 5.14. The van der Waals surface area contributed by atoms with Crippen LogP contribution < -0.4 is 18.9 Å². The Bertz CT molecular complexity index is 211. The normalized spacial score (nSPS) is 10.9. The van der Waals surface area contributed by atoms with Crippen LogP contribution in [0.15, 0.2) is 5.38 Å². The van der Waals surface area contributed by atoms with Gasteiger partial charge in [0.2, 0.25) is 0 Å². The van der Waals surface area contributed by atoms with Crippen molar-refractivity contribution >= 4 is 11.3 Å². The van der Waals surface area contributed by atoms with Crippen molar-refractivity contribution < 1.29 is 28.3 Å². The summed E-state index contributed by atoms with van der Waals surface area (Å²) >= 11 is 1.46. The average molecular weight is 179 g/mol. The van der Waals surface area contributed by atoms with E-state index in [1.54, 1.807) is 19.6 Å². The second kappa shape index (κ2) is 5.00. The zero-order valence-electron chi connectivity index (χ0n) is 7.75. The van der Waals surface area contributed by atoms with Gasteiger partial charge < -0.3 is 14.5 Å². The second-order valence-corrected chi connectivity index (χ2v) is 2.99. The largest absolute Gasteiger partial charge is 1.00 e. The van der Waals surface area contributed by atoms with E-state index in [-0.39, 0.29) is 18.9 Å². The van der Waals surface area contributed by atoms with Gasteiger partial charge in [-0.05, 0) is 11.9 Å². The summed E-state index contributed by atoms with van der Waals surface area (Å²) in [6.07, 6.45) is 2.71. The molecule has 0 amide bonds. The van der Waals surface area contributed by atoms with Gasteiger partial charge in [-0.15, -0.1) is 6.20 Å². The summed E-state index contributed by atoms with van der Waals surface area (Å²) in [5.74, 6) is -0.718. The molecule has 0 saturated carbocycles. The monoisotopic (exact) mass is 179 g/mol. The molecule has 3 nitrogen and oxygen atoms in total. The summed E-state index contributed by atoms with van der Waals surface area (Å²) in [6.45, 7) is 1.82. The minimum absolute atomic E-state index is 0. The molecule has 0 bridgehead atoms. The van der Waals surface area contributed by atoms with Crippen molar-refractivity contribution in [3.63, 3.8) is 0 Å². The Morgan fingerprint density at radius 1 is 1.50 bits per heavy atom. The fourth-order valence-electron chi connectivity index (χ4n) is 0.660. The summed E-state index contributed by atoms with van der Waals surface area (Å²) in [5, 5.41) is 2.55. The van der Waals surface area contributed by atoms with Gasteiger partial charge in [0.1, 0.15) is 5.79 Å². The standard InChI is InChI=1S/C7H10NO2S.Li/c1-7(9-2,10-3)6-8-4-5-11-6;/h5H,1-3H3;/q-1;+1. The van der Waals surface area contributed by atoms with Crippen LogP contribution in [-0.4, -0.2) is 19.2 Å². The molecule has 1 rings (SSSR count). The van der Waals surface area contributed by atoms with E-state index in [2.05, 4.69) is 11.2 Å². The molecule has 1 aromatic heterocycles. The summed E-state index contributed by atoms with van der Waals surface area (Å²) in [7, 11) is 3.18. The predicted octanol–water partition coefficient (Wildman–Crippen LogP) is -1.59. The van der Waals surface area contributed by atoms with Crippen molar-refractivity contribution in [1.29, 1.82) is 0 Å². The number of ether oxygens (including phenoxy) is 2. The first-order valence-corrected chi connectivity index (χ1v) is 4.03. The van der Waals surface area contributed by atoms with Crippen molar-refractivity contribution in [1.82, 2.24) is 4.98 Å². The molecular weight excluding hydrogens is 169 g/mol. The third kappa shape index (κ3) is 2.32. The molecule has 0 spiro atoms. The number of nitrogens with zero attached hydrogens (tertiary/aromatic N) is 1. The molecule has 1 heterocycles. The van der Waals surface area contributed by atoms with Crippen LogP contribution in [-0.2, 0) is 15.3 Å². The van der Waals surface area contributed by atoms with E-state index >= 15 is 0 Å². The zero-order valence-corrected chi connectivity index (χ0v) is 8.57. The number of thiazole rings is 1. The number of aromatic nitrogens is 1. The number of methoxy groups -OCH3 is 2. The molecule has 0 aliphatic heterocycles. The van der Waals surface area contributed by atoms with Crippen LogP contribution in [0.4, 0.5) is 0 Å². The third-order valence-electron chi connectivity index (χ3n) is 1.56. The van der Waals surface area contributed by atoms with E-state index in [4.69, 9.17) is 9.47 Å². The van der Waals surface area contributed by atoms with Crippen molar-refractivity contribution in [3.8, 4) is 0 Å². The Morgan fingerprint density at radius 2 is 2.08 bits per heavy atom. The Labute approximate surface area is 88.3 Å². The topological polar surface area (TPSA) is 31.4 Å². The van der Waals surface area contributed by atoms with Crippen molar-refractivity contribution in [2.45, 2.75) is 12.7 Å². The van der Waals surface area contributed by atoms with Crippen molar-refractivity contribution in [2.75, 3.05) is 14.2 Å². The molecule has 0 aromatic carbocycles. The van der Waals surface area contributed by atoms with Gasteiger partial charge in [-0.25, -0.2) is 11.3 Å². The maximum absolute atomic E-state index is 5.14. The fraction of sp³-hybridized carbons (Fsp3) is 0.571. The van der Waals surface area contributed by atoms with E-state index in [1.165, 1.54) is 11.3 Å². The van der Waals surface area contributed by atoms with Crippen LogP contribution in [0, 0.1) is 6.20 Å². The molecule has 0 radical (unpaired) electrons. The molecule has 0 atom stereocenters. The van der Waals surface area contributed by atoms with Gasteiger partial charge >= 0.3 is 18.9 Å². The SMILES string of the molecule is COC(C)(OC)c1n[c-]cs1.[Li+]. The fourth-order valence-corrected chi connectivity index (χ4v) is 1.36. The van der Waals surface area contributed by atoms with Crippen LogP contribution in [0.25, 0.3) is 0 Å². The van der Waals surface area contributed by atoms with Gasteiger partial charge in [0.25, 0.3) is 0 Å². The molecule has 0 saturated heterocycles. The van der Waals surface area contributed by atoms with E-state index in [0.29, 0.717) is 0 Å². The summed E-state index contributed by atoms with van der Waals surface area (Å²) in [4.78, 5) is 3.97. The van der Waals surface area contributed by atoms with Crippen LogP contribution >= 0.6 is 11.3 Å². The zero-order chi connectivity index (χ0) is 8.32. The Morgan fingerprint density at radius 3 is 2.42 bits per heavy atom. The number of hydrogen-bond acceptors (Lipinski definition) is 4. The van der Waals surface area contributed by atoms with Gasteiger partial charge in [0, 0.05) is 14.2 Å². The number of hydrogen-bond donors (Lipinski definition) is 0. The molecule has 0 aliphatic carbocycles. The summed E-state index contributed by atoms with van der Waals surface area (Å²) in [5.41, 5.74) is 0. The molecule has 0 unspecified atom stereocenters. The first-order valence-electron chi connectivity index (χ1n) is 3.15. The Kier molecular flexibility index (Phi) is 5.06. The average Bonchev–Trinajstić information content (AvgIpc) is 2.55. The first kappa shape index (κ1) is 12.1. The van der Waals surface area contributed by atoms with Gasteiger partial charge in [0.05, 0.1) is 0 Å². The summed E-state index contributed by atoms with van der Waals surface area (Å²) in [6, 6.07) is 0. The molecule has 12 heavy (non-hydrogen) atoms. The smallest absolute Gasteiger partial charge is 0.441 e.